The van der Waals surface area contributed by atoms with Crippen LogP contribution in [0.2, 0.25) is 0 Å². The van der Waals surface area contributed by atoms with Gasteiger partial charge in [-0.15, -0.1) is 11.8 Å². The fourth-order valence-electron chi connectivity index (χ4n) is 2.40. The molecule has 3 rings (SSSR count). The quantitative estimate of drug-likeness (QED) is 0.261. The molecule has 10 heteroatoms. The molecular weight excluding hydrogens is 379 g/mol. The second-order valence-corrected chi connectivity index (χ2v) is 6.60. The monoisotopic (exact) mass is 390 g/mol. The average Bonchev–Trinajstić information content (AvgIpc) is 2.58. The molecule has 2 aliphatic rings. The second kappa shape index (κ2) is 8.46. The van der Waals surface area contributed by atoms with Crippen molar-refractivity contribution in [1.29, 1.82) is 0 Å². The second-order valence-electron chi connectivity index (χ2n) is 5.04. The van der Waals surface area contributed by atoms with Crippen LogP contribution < -0.4 is 39.4 Å². The summed E-state index contributed by atoms with van der Waals surface area (Å²) in [5.41, 5.74) is -0.232. The number of benzene rings is 1. The van der Waals surface area contributed by atoms with E-state index in [1.54, 1.807) is 24.3 Å². The molecule has 1 aromatic rings. The Kier molecular flexibility index (Phi) is 6.81. The van der Waals surface area contributed by atoms with Crippen LogP contribution in [0.4, 0.5) is 0 Å². The average molecular weight is 391 g/mol. The third kappa shape index (κ3) is 4.15. The van der Waals surface area contributed by atoms with E-state index in [1.165, 1.54) is 11.8 Å². The number of amides is 1. The van der Waals surface area contributed by atoms with Crippen LogP contribution in [0.3, 0.4) is 0 Å². The summed E-state index contributed by atoms with van der Waals surface area (Å²) in [6.07, 6.45) is 0. The number of nitrogens with zero attached hydrogens (tertiary/aromatic N) is 2. The SMILES string of the molecule is O=C(O)C1=C(Cl)CS[C@@H]2[C@H](N=C([O-])COc3ccccc3)C(=O)N12.[Na+]. The summed E-state index contributed by atoms with van der Waals surface area (Å²) >= 11 is 7.15. The molecule has 0 saturated carbocycles. The number of carboxylic acids is 1. The molecule has 1 aromatic carbocycles. The van der Waals surface area contributed by atoms with E-state index in [4.69, 9.17) is 21.4 Å². The number of rotatable bonds is 5. The van der Waals surface area contributed by atoms with Gasteiger partial charge in [0, 0.05) is 5.75 Å². The van der Waals surface area contributed by atoms with Crippen LogP contribution in [0.25, 0.3) is 0 Å². The number of β-lactam (4-membered cyclic amide) rings is 1. The molecule has 1 fully saturated rings. The molecule has 0 bridgehead atoms. The fourth-order valence-corrected chi connectivity index (χ4v) is 3.93. The van der Waals surface area contributed by atoms with Gasteiger partial charge in [-0.05, 0) is 18.0 Å². The van der Waals surface area contributed by atoms with Crippen molar-refractivity contribution in [1.82, 2.24) is 4.90 Å². The topological polar surface area (TPSA) is 102 Å². The van der Waals surface area contributed by atoms with Crippen LogP contribution in [0.5, 0.6) is 5.75 Å². The number of carbonyl (C=O) groups is 2. The first-order valence-corrected chi connectivity index (χ1v) is 8.40. The Morgan fingerprint density at radius 2 is 2.12 bits per heavy atom. The number of hydrogen-bond donors (Lipinski definition) is 1. The van der Waals surface area contributed by atoms with Crippen molar-refractivity contribution in [2.75, 3.05) is 12.4 Å². The summed E-state index contributed by atoms with van der Waals surface area (Å²) in [7, 11) is 0. The number of para-hydroxylation sites is 1. The first-order chi connectivity index (χ1) is 11.5. The fraction of sp³-hybridized carbons (Fsp3) is 0.267. The minimum Gasteiger partial charge on any atom is -0.860 e. The Bertz CT molecular complexity index is 743. The van der Waals surface area contributed by atoms with Gasteiger partial charge in [0.25, 0.3) is 5.91 Å². The van der Waals surface area contributed by atoms with E-state index in [2.05, 4.69) is 4.99 Å². The molecular formula is C15H12ClN2NaO5S. The summed E-state index contributed by atoms with van der Waals surface area (Å²) in [5, 5.41) is 20.6. The number of hydrogen-bond acceptors (Lipinski definition) is 6. The number of aliphatic carboxylic acids is 1. The van der Waals surface area contributed by atoms with Gasteiger partial charge in [-0.1, -0.05) is 29.8 Å². The Balaban J connectivity index is 0.00000225. The van der Waals surface area contributed by atoms with Gasteiger partial charge in [0.05, 0.1) is 5.03 Å². The molecule has 0 aliphatic carbocycles. The Morgan fingerprint density at radius 1 is 1.44 bits per heavy atom. The standard InChI is InChI=1S/C15H13ClN2O5S.Na/c16-9-7-24-14-11(13(20)18(14)12(9)15(21)22)17-10(19)6-23-8-4-2-1-3-5-8;/h1-5,11,14H,6-7H2,(H,17,19)(H,21,22);/q;+1/p-1/t11-,14-;/m1./s1. The number of carboxylic acid groups (broad SMARTS) is 1. The van der Waals surface area contributed by atoms with E-state index in [0.29, 0.717) is 5.75 Å². The van der Waals surface area contributed by atoms with E-state index in [9.17, 15) is 14.7 Å². The molecule has 2 aliphatic heterocycles. The van der Waals surface area contributed by atoms with Gasteiger partial charge < -0.3 is 14.9 Å². The summed E-state index contributed by atoms with van der Waals surface area (Å²) in [6, 6.07) is 7.86. The number of carbonyl (C=O) groups excluding carboxylic acids is 1. The predicted octanol–water partition coefficient (Wildman–Crippen LogP) is -2.35. The molecule has 7 nitrogen and oxygen atoms in total. The maximum Gasteiger partial charge on any atom is 1.00 e. The third-order valence-electron chi connectivity index (χ3n) is 3.48. The number of aliphatic imine (C=N–C) groups is 1. The smallest absolute Gasteiger partial charge is 0.860 e. The van der Waals surface area contributed by atoms with Crippen molar-refractivity contribution in [3.05, 3.63) is 41.1 Å². The van der Waals surface area contributed by atoms with Crippen molar-refractivity contribution in [2.45, 2.75) is 11.4 Å². The Labute approximate surface area is 175 Å². The molecule has 1 amide bonds. The molecule has 0 aromatic heterocycles. The van der Waals surface area contributed by atoms with E-state index in [1.807, 2.05) is 6.07 Å². The van der Waals surface area contributed by atoms with Gasteiger partial charge in [-0.3, -0.25) is 14.7 Å². The summed E-state index contributed by atoms with van der Waals surface area (Å²) in [5.74, 6) is -1.60. The summed E-state index contributed by atoms with van der Waals surface area (Å²) in [6.45, 7) is -0.284. The summed E-state index contributed by atoms with van der Waals surface area (Å²) < 4.78 is 5.29. The Morgan fingerprint density at radius 3 is 2.76 bits per heavy atom. The van der Waals surface area contributed by atoms with E-state index in [0.717, 1.165) is 4.90 Å². The van der Waals surface area contributed by atoms with Gasteiger partial charge in [-0.25, -0.2) is 4.79 Å². The van der Waals surface area contributed by atoms with Crippen molar-refractivity contribution >= 4 is 41.1 Å². The molecule has 0 unspecified atom stereocenters. The van der Waals surface area contributed by atoms with Crippen LogP contribution in [0.1, 0.15) is 0 Å². The van der Waals surface area contributed by atoms with Crippen molar-refractivity contribution in [3.8, 4) is 5.75 Å². The minimum absolute atomic E-state index is 0. The summed E-state index contributed by atoms with van der Waals surface area (Å²) in [4.78, 5) is 28.3. The van der Waals surface area contributed by atoms with Crippen LogP contribution >= 0.6 is 23.4 Å². The zero-order chi connectivity index (χ0) is 17.3. The van der Waals surface area contributed by atoms with Gasteiger partial charge in [0.15, 0.2) is 6.04 Å². The number of thioether (sulfide) groups is 1. The number of halogens is 1. The molecule has 0 radical (unpaired) electrons. The van der Waals surface area contributed by atoms with Crippen molar-refractivity contribution < 1.29 is 54.1 Å². The number of fused-ring (bicyclic) bond motifs is 1. The zero-order valence-corrected chi connectivity index (χ0v) is 16.8. The molecule has 126 valence electrons. The first-order valence-electron chi connectivity index (χ1n) is 6.97. The van der Waals surface area contributed by atoms with Crippen LogP contribution in [-0.2, 0) is 9.59 Å². The normalized spacial score (nSPS) is 22.7. The largest absolute Gasteiger partial charge is 1.00 e. The Hall–Kier alpha value is -1.19. The minimum atomic E-state index is -1.27. The maximum absolute atomic E-state index is 12.1. The van der Waals surface area contributed by atoms with Crippen LogP contribution in [0, 0.1) is 0 Å². The molecule has 25 heavy (non-hydrogen) atoms. The van der Waals surface area contributed by atoms with Crippen LogP contribution in [0.15, 0.2) is 46.1 Å². The first kappa shape index (κ1) is 20.1. The third-order valence-corrected chi connectivity index (χ3v) is 5.22. The molecule has 2 heterocycles. The number of ether oxygens (including phenoxy) is 1. The van der Waals surface area contributed by atoms with E-state index in [-0.39, 0.29) is 52.6 Å². The van der Waals surface area contributed by atoms with Crippen molar-refractivity contribution in [3.63, 3.8) is 0 Å². The van der Waals surface area contributed by atoms with Gasteiger partial charge >= 0.3 is 35.5 Å². The zero-order valence-electron chi connectivity index (χ0n) is 13.2. The van der Waals surface area contributed by atoms with Crippen molar-refractivity contribution in [2.24, 2.45) is 4.99 Å². The van der Waals surface area contributed by atoms with Gasteiger partial charge in [0.2, 0.25) is 0 Å². The van der Waals surface area contributed by atoms with Gasteiger partial charge in [0.1, 0.15) is 23.4 Å². The molecule has 1 saturated heterocycles. The van der Waals surface area contributed by atoms with Crippen LogP contribution in [-0.4, -0.2) is 51.6 Å². The maximum atomic E-state index is 12.1. The molecule has 0 spiro atoms. The van der Waals surface area contributed by atoms with Gasteiger partial charge in [-0.2, -0.15) is 0 Å². The predicted molar refractivity (Wildman–Crippen MR) is 86.8 cm³/mol. The molecule has 1 N–H and O–H groups in total. The van der Waals surface area contributed by atoms with E-state index >= 15 is 0 Å². The van der Waals surface area contributed by atoms with E-state index < -0.39 is 29.2 Å². The molecule has 2 atom stereocenters.